The van der Waals surface area contributed by atoms with Gasteiger partial charge in [-0.2, -0.15) is 0 Å². The molecule has 0 aromatic heterocycles. The van der Waals surface area contributed by atoms with E-state index in [1.165, 1.54) is 6.92 Å². The molecule has 3 heteroatoms. The first-order valence-electron chi connectivity index (χ1n) is 3.52. The topological polar surface area (TPSA) is 54.4 Å². The van der Waals surface area contributed by atoms with E-state index >= 15 is 0 Å². The minimum Gasteiger partial charge on any atom is -0.512 e. The average molecular weight is 156 g/mol. The van der Waals surface area contributed by atoms with E-state index in [-0.39, 0.29) is 5.76 Å². The third-order valence-corrected chi connectivity index (χ3v) is 1.15. The molecule has 0 fully saturated rings. The van der Waals surface area contributed by atoms with Crippen molar-refractivity contribution in [1.29, 1.82) is 0 Å². The van der Waals surface area contributed by atoms with Crippen LogP contribution in [0.25, 0.3) is 0 Å². The SMILES string of the molecule is CCC/C(O)=C/C(=O)C(C)=O. The summed E-state index contributed by atoms with van der Waals surface area (Å²) in [6.45, 7) is 3.06. The average Bonchev–Trinajstić information content (AvgIpc) is 1.87. The number of hydrogen-bond donors (Lipinski definition) is 1. The fourth-order valence-corrected chi connectivity index (χ4v) is 0.581. The Balaban J connectivity index is 4.08. The maximum absolute atomic E-state index is 10.6. The smallest absolute Gasteiger partial charge is 0.224 e. The number of carbonyl (C=O) groups excluding carboxylic acids is 2. The van der Waals surface area contributed by atoms with Crippen molar-refractivity contribution in [3.63, 3.8) is 0 Å². The lowest BCUT2D eigenvalue weighted by Gasteiger charge is -1.93. The normalized spacial score (nSPS) is 11.3. The third kappa shape index (κ3) is 4.31. The second-order valence-electron chi connectivity index (χ2n) is 2.31. The number of allylic oxidation sites excluding steroid dienone is 2. The van der Waals surface area contributed by atoms with E-state index in [0.29, 0.717) is 6.42 Å². The largest absolute Gasteiger partial charge is 0.512 e. The van der Waals surface area contributed by atoms with E-state index in [4.69, 9.17) is 5.11 Å². The van der Waals surface area contributed by atoms with Gasteiger partial charge in [-0.15, -0.1) is 0 Å². The Bertz CT molecular complexity index is 192. The fraction of sp³-hybridized carbons (Fsp3) is 0.500. The molecule has 0 unspecified atom stereocenters. The standard InChI is InChI=1S/C8H12O3/c1-3-4-7(10)5-8(11)6(2)9/h5,10H,3-4H2,1-2H3/b7-5-. The van der Waals surface area contributed by atoms with Crippen LogP contribution in [0.5, 0.6) is 0 Å². The molecule has 0 saturated carbocycles. The van der Waals surface area contributed by atoms with Gasteiger partial charge < -0.3 is 5.11 Å². The zero-order valence-electron chi connectivity index (χ0n) is 6.76. The van der Waals surface area contributed by atoms with Crippen LogP contribution in [-0.4, -0.2) is 16.7 Å². The Labute approximate surface area is 65.7 Å². The van der Waals surface area contributed by atoms with Crippen LogP contribution >= 0.6 is 0 Å². The van der Waals surface area contributed by atoms with Gasteiger partial charge in [-0.05, 0) is 6.42 Å². The Morgan fingerprint density at radius 2 is 2.00 bits per heavy atom. The van der Waals surface area contributed by atoms with E-state index in [9.17, 15) is 9.59 Å². The highest BCUT2D eigenvalue weighted by molar-refractivity contribution is 6.40. The zero-order valence-corrected chi connectivity index (χ0v) is 6.76. The van der Waals surface area contributed by atoms with Crippen molar-refractivity contribution < 1.29 is 14.7 Å². The first kappa shape index (κ1) is 9.88. The quantitative estimate of drug-likeness (QED) is 0.380. The number of Topliss-reactive ketones (excluding diaryl/α,β-unsaturated/α-hetero) is 1. The summed E-state index contributed by atoms with van der Waals surface area (Å²) in [5.41, 5.74) is 0. The summed E-state index contributed by atoms with van der Waals surface area (Å²) in [6.07, 6.45) is 2.18. The van der Waals surface area contributed by atoms with Crippen molar-refractivity contribution in [2.24, 2.45) is 0 Å². The second-order valence-corrected chi connectivity index (χ2v) is 2.31. The molecule has 11 heavy (non-hydrogen) atoms. The second kappa shape index (κ2) is 4.66. The van der Waals surface area contributed by atoms with Crippen molar-refractivity contribution >= 4 is 11.6 Å². The first-order valence-corrected chi connectivity index (χ1v) is 3.52. The van der Waals surface area contributed by atoms with Gasteiger partial charge in [-0.25, -0.2) is 0 Å². The molecule has 0 atom stereocenters. The molecule has 1 N–H and O–H groups in total. The van der Waals surface area contributed by atoms with Gasteiger partial charge in [0.05, 0.1) is 5.76 Å². The Hall–Kier alpha value is -1.12. The summed E-state index contributed by atoms with van der Waals surface area (Å²) in [4.78, 5) is 21.0. The molecule has 0 radical (unpaired) electrons. The van der Waals surface area contributed by atoms with E-state index < -0.39 is 11.6 Å². The number of aliphatic hydroxyl groups is 1. The van der Waals surface area contributed by atoms with Crippen LogP contribution in [0.15, 0.2) is 11.8 Å². The number of rotatable bonds is 4. The molecule has 0 bridgehead atoms. The lowest BCUT2D eigenvalue weighted by Crippen LogP contribution is -2.06. The molecule has 0 rings (SSSR count). The van der Waals surface area contributed by atoms with Gasteiger partial charge in [0.25, 0.3) is 0 Å². The van der Waals surface area contributed by atoms with Crippen molar-refractivity contribution in [3.8, 4) is 0 Å². The van der Waals surface area contributed by atoms with Crippen molar-refractivity contribution in [2.45, 2.75) is 26.7 Å². The Kier molecular flexibility index (Phi) is 4.18. The number of ketones is 2. The summed E-state index contributed by atoms with van der Waals surface area (Å²) >= 11 is 0. The number of carbonyl (C=O) groups is 2. The Morgan fingerprint density at radius 3 is 2.36 bits per heavy atom. The van der Waals surface area contributed by atoms with Crippen molar-refractivity contribution in [1.82, 2.24) is 0 Å². The van der Waals surface area contributed by atoms with E-state index in [1.54, 1.807) is 0 Å². The maximum Gasteiger partial charge on any atom is 0.224 e. The molecule has 0 saturated heterocycles. The lowest BCUT2D eigenvalue weighted by atomic mass is 10.2. The van der Waals surface area contributed by atoms with Gasteiger partial charge >= 0.3 is 0 Å². The molecular weight excluding hydrogens is 144 g/mol. The molecule has 0 amide bonds. The maximum atomic E-state index is 10.6. The molecule has 0 heterocycles. The van der Waals surface area contributed by atoms with Gasteiger partial charge in [-0.3, -0.25) is 9.59 Å². The third-order valence-electron chi connectivity index (χ3n) is 1.15. The van der Waals surface area contributed by atoms with Crippen LogP contribution in [0.3, 0.4) is 0 Å². The van der Waals surface area contributed by atoms with E-state index in [1.807, 2.05) is 6.92 Å². The van der Waals surface area contributed by atoms with Gasteiger partial charge in [0, 0.05) is 19.4 Å². The summed E-state index contributed by atoms with van der Waals surface area (Å²) in [6, 6.07) is 0. The highest BCUT2D eigenvalue weighted by Gasteiger charge is 2.04. The van der Waals surface area contributed by atoms with E-state index in [2.05, 4.69) is 0 Å². The van der Waals surface area contributed by atoms with Crippen LogP contribution in [0.4, 0.5) is 0 Å². The number of aliphatic hydroxyl groups excluding tert-OH is 1. The molecule has 0 aliphatic rings. The summed E-state index contributed by atoms with van der Waals surface area (Å²) in [5, 5.41) is 8.96. The molecule has 0 spiro atoms. The molecular formula is C8H12O3. The zero-order chi connectivity index (χ0) is 8.85. The van der Waals surface area contributed by atoms with Crippen LogP contribution in [0.1, 0.15) is 26.7 Å². The number of hydrogen-bond acceptors (Lipinski definition) is 3. The van der Waals surface area contributed by atoms with Gasteiger partial charge in [-0.1, -0.05) is 6.92 Å². The highest BCUT2D eigenvalue weighted by Crippen LogP contribution is 1.99. The fourth-order valence-electron chi connectivity index (χ4n) is 0.581. The molecule has 0 aliphatic heterocycles. The lowest BCUT2D eigenvalue weighted by molar-refractivity contribution is -0.132. The first-order chi connectivity index (χ1) is 5.07. The van der Waals surface area contributed by atoms with Crippen LogP contribution in [0.2, 0.25) is 0 Å². The predicted molar refractivity (Wildman–Crippen MR) is 41.3 cm³/mol. The van der Waals surface area contributed by atoms with Crippen LogP contribution in [-0.2, 0) is 9.59 Å². The van der Waals surface area contributed by atoms with Crippen LogP contribution in [0, 0.1) is 0 Å². The van der Waals surface area contributed by atoms with Gasteiger partial charge in [0.15, 0.2) is 5.78 Å². The van der Waals surface area contributed by atoms with E-state index in [0.717, 1.165) is 12.5 Å². The summed E-state index contributed by atoms with van der Waals surface area (Å²) in [5.74, 6) is -1.21. The Morgan fingerprint density at radius 1 is 1.45 bits per heavy atom. The highest BCUT2D eigenvalue weighted by atomic mass is 16.3. The minimum atomic E-state index is -0.643. The monoisotopic (exact) mass is 156 g/mol. The van der Waals surface area contributed by atoms with Crippen LogP contribution < -0.4 is 0 Å². The summed E-state index contributed by atoms with van der Waals surface area (Å²) in [7, 11) is 0. The summed E-state index contributed by atoms with van der Waals surface area (Å²) < 4.78 is 0. The molecule has 0 aromatic carbocycles. The molecule has 62 valence electrons. The van der Waals surface area contributed by atoms with Crippen molar-refractivity contribution in [3.05, 3.63) is 11.8 Å². The predicted octanol–water partition coefficient (Wildman–Crippen LogP) is 1.39. The molecule has 0 aliphatic carbocycles. The van der Waals surface area contributed by atoms with Gasteiger partial charge in [0.1, 0.15) is 0 Å². The van der Waals surface area contributed by atoms with Crippen molar-refractivity contribution in [2.75, 3.05) is 0 Å². The minimum absolute atomic E-state index is 0.0206. The molecule has 3 nitrogen and oxygen atoms in total. The van der Waals surface area contributed by atoms with Gasteiger partial charge in [0.2, 0.25) is 5.78 Å². The molecule has 0 aromatic rings.